The Morgan fingerprint density at radius 2 is 1.85 bits per heavy atom. The van der Waals surface area contributed by atoms with Crippen LogP contribution in [0.1, 0.15) is 5.56 Å². The van der Waals surface area contributed by atoms with E-state index in [0.717, 1.165) is 0 Å². The van der Waals surface area contributed by atoms with E-state index in [1.54, 1.807) is 18.2 Å². The number of fused-ring (bicyclic) bond motifs is 3. The summed E-state index contributed by atoms with van der Waals surface area (Å²) >= 11 is 0. The van der Waals surface area contributed by atoms with Crippen LogP contribution in [0.15, 0.2) is 57.2 Å². The third kappa shape index (κ3) is 2.48. The van der Waals surface area contributed by atoms with Crippen LogP contribution >= 0.6 is 0 Å². The third-order valence-electron chi connectivity index (χ3n) is 4.03. The lowest BCUT2D eigenvalue weighted by atomic mass is 10.2. The minimum absolute atomic E-state index is 0.209. The van der Waals surface area contributed by atoms with E-state index in [2.05, 4.69) is 15.1 Å². The first kappa shape index (κ1) is 15.8. The van der Waals surface area contributed by atoms with Gasteiger partial charge in [-0.25, -0.2) is 9.18 Å². The molecule has 0 aliphatic rings. The van der Waals surface area contributed by atoms with Crippen molar-refractivity contribution in [3.05, 3.63) is 74.7 Å². The number of aromatic nitrogens is 3. The average molecular weight is 352 g/mol. The topological polar surface area (TPSA) is 92.2 Å². The SMILES string of the molecule is COc1cccc2[nH]c3c(=O)n(/N=C\c4ccc(F)cc4)c(=O)[nH]c3c12. The van der Waals surface area contributed by atoms with Gasteiger partial charge in [0.25, 0.3) is 0 Å². The molecule has 0 atom stereocenters. The monoisotopic (exact) mass is 352 g/mol. The summed E-state index contributed by atoms with van der Waals surface area (Å²) in [6.45, 7) is 0. The zero-order valence-electron chi connectivity index (χ0n) is 13.6. The van der Waals surface area contributed by atoms with Crippen molar-refractivity contribution >= 4 is 28.2 Å². The van der Waals surface area contributed by atoms with Crippen molar-refractivity contribution in [3.8, 4) is 5.75 Å². The molecule has 0 radical (unpaired) electrons. The largest absolute Gasteiger partial charge is 0.496 e. The molecule has 0 unspecified atom stereocenters. The average Bonchev–Trinajstić information content (AvgIpc) is 3.02. The highest BCUT2D eigenvalue weighted by molar-refractivity contribution is 6.07. The number of rotatable bonds is 3. The minimum Gasteiger partial charge on any atom is -0.496 e. The van der Waals surface area contributed by atoms with Gasteiger partial charge in [-0.15, -0.1) is 4.68 Å². The van der Waals surface area contributed by atoms with Crippen LogP contribution in [-0.2, 0) is 0 Å². The molecule has 0 fully saturated rings. The Morgan fingerprint density at radius 3 is 2.58 bits per heavy atom. The molecule has 8 heteroatoms. The van der Waals surface area contributed by atoms with E-state index in [0.29, 0.717) is 32.4 Å². The summed E-state index contributed by atoms with van der Waals surface area (Å²) in [6, 6.07) is 10.8. The molecule has 2 N–H and O–H groups in total. The second-order valence-corrected chi connectivity index (χ2v) is 5.60. The zero-order valence-corrected chi connectivity index (χ0v) is 13.6. The number of nitrogens with one attached hydrogen (secondary N) is 2. The molecule has 0 bridgehead atoms. The molecule has 0 aliphatic carbocycles. The van der Waals surface area contributed by atoms with Crippen LogP contribution in [0.25, 0.3) is 21.9 Å². The van der Waals surface area contributed by atoms with E-state index >= 15 is 0 Å². The third-order valence-corrected chi connectivity index (χ3v) is 4.03. The fourth-order valence-corrected chi connectivity index (χ4v) is 2.81. The van der Waals surface area contributed by atoms with Gasteiger partial charge in [-0.05, 0) is 29.8 Å². The summed E-state index contributed by atoms with van der Waals surface area (Å²) in [7, 11) is 1.51. The number of benzene rings is 2. The van der Waals surface area contributed by atoms with E-state index < -0.39 is 11.2 Å². The van der Waals surface area contributed by atoms with Crippen molar-refractivity contribution in [2.75, 3.05) is 7.11 Å². The highest BCUT2D eigenvalue weighted by Gasteiger charge is 2.15. The van der Waals surface area contributed by atoms with Crippen LogP contribution in [0.4, 0.5) is 4.39 Å². The predicted octanol–water partition coefficient (Wildman–Crippen LogP) is 2.20. The van der Waals surface area contributed by atoms with Crippen molar-refractivity contribution < 1.29 is 9.13 Å². The number of aromatic amines is 2. The molecule has 130 valence electrons. The Bertz CT molecular complexity index is 1270. The maximum atomic E-state index is 12.9. The Labute approximate surface area is 145 Å². The number of halogens is 1. The van der Waals surface area contributed by atoms with Crippen LogP contribution in [0, 0.1) is 5.82 Å². The summed E-state index contributed by atoms with van der Waals surface area (Å²) in [5, 5.41) is 4.55. The first-order valence-corrected chi connectivity index (χ1v) is 7.72. The number of hydrogen-bond donors (Lipinski definition) is 2. The normalized spacial score (nSPS) is 11.6. The number of nitrogens with zero attached hydrogens (tertiary/aromatic N) is 2. The molecule has 2 aromatic carbocycles. The smallest absolute Gasteiger partial charge is 0.350 e. The van der Waals surface area contributed by atoms with Crippen LogP contribution in [-0.4, -0.2) is 28.0 Å². The minimum atomic E-state index is -0.687. The molecule has 7 nitrogen and oxygen atoms in total. The van der Waals surface area contributed by atoms with E-state index in [9.17, 15) is 14.0 Å². The maximum absolute atomic E-state index is 12.9. The van der Waals surface area contributed by atoms with Gasteiger partial charge in [-0.3, -0.25) is 4.79 Å². The molecule has 0 saturated carbocycles. The molecular formula is C18H13FN4O3. The van der Waals surface area contributed by atoms with Gasteiger partial charge in [0.15, 0.2) is 0 Å². The summed E-state index contributed by atoms with van der Waals surface area (Å²) < 4.78 is 19.0. The Kier molecular flexibility index (Phi) is 3.65. The highest BCUT2D eigenvalue weighted by atomic mass is 19.1. The van der Waals surface area contributed by atoms with Gasteiger partial charge in [0.05, 0.1) is 29.7 Å². The van der Waals surface area contributed by atoms with Crippen molar-refractivity contribution in [1.29, 1.82) is 0 Å². The summed E-state index contributed by atoms with van der Waals surface area (Å²) in [6.07, 6.45) is 1.31. The quantitative estimate of drug-likeness (QED) is 0.554. The fourth-order valence-electron chi connectivity index (χ4n) is 2.81. The van der Waals surface area contributed by atoms with Gasteiger partial charge in [0.2, 0.25) is 0 Å². The molecule has 0 spiro atoms. The Hall–Kier alpha value is -3.68. The maximum Gasteiger partial charge on any atom is 0.350 e. The Balaban J connectivity index is 1.92. The molecule has 0 aliphatic heterocycles. The predicted molar refractivity (Wildman–Crippen MR) is 96.6 cm³/mol. The lowest BCUT2D eigenvalue weighted by Crippen LogP contribution is -2.32. The molecular weight excluding hydrogens is 339 g/mol. The van der Waals surface area contributed by atoms with Gasteiger partial charge in [0.1, 0.15) is 17.1 Å². The molecule has 0 amide bonds. The second kappa shape index (κ2) is 5.99. The number of H-pyrrole nitrogens is 2. The van der Waals surface area contributed by atoms with Crippen molar-refractivity contribution in [2.45, 2.75) is 0 Å². The molecule has 26 heavy (non-hydrogen) atoms. The number of ether oxygens (including phenoxy) is 1. The van der Waals surface area contributed by atoms with Crippen LogP contribution in [0.2, 0.25) is 0 Å². The summed E-state index contributed by atoms with van der Waals surface area (Å²) in [5.41, 5.74) is 0.498. The van der Waals surface area contributed by atoms with Crippen molar-refractivity contribution in [1.82, 2.24) is 14.6 Å². The summed E-state index contributed by atoms with van der Waals surface area (Å²) in [5.74, 6) is 0.155. The molecule has 4 aromatic rings. The van der Waals surface area contributed by atoms with E-state index in [1.807, 2.05) is 0 Å². The van der Waals surface area contributed by atoms with Gasteiger partial charge in [-0.1, -0.05) is 18.2 Å². The number of methoxy groups -OCH3 is 1. The fraction of sp³-hybridized carbons (Fsp3) is 0.0556. The standard InChI is InChI=1S/C18H13FN4O3/c1-26-13-4-2-3-12-14(13)15-16(21-12)17(24)23(18(25)22-15)20-9-10-5-7-11(19)8-6-10/h2-9,21H,1H3,(H,22,25)/b20-9-. The van der Waals surface area contributed by atoms with Gasteiger partial charge >= 0.3 is 11.2 Å². The van der Waals surface area contributed by atoms with Gasteiger partial charge in [-0.2, -0.15) is 5.10 Å². The lowest BCUT2D eigenvalue weighted by molar-refractivity contribution is 0.420. The first-order valence-electron chi connectivity index (χ1n) is 7.72. The molecule has 2 heterocycles. The lowest BCUT2D eigenvalue weighted by Gasteiger charge is -2.01. The molecule has 2 aromatic heterocycles. The van der Waals surface area contributed by atoms with Crippen LogP contribution in [0.3, 0.4) is 0 Å². The second-order valence-electron chi connectivity index (χ2n) is 5.60. The van der Waals surface area contributed by atoms with E-state index in [4.69, 9.17) is 4.74 Å². The van der Waals surface area contributed by atoms with Gasteiger partial charge in [0, 0.05) is 0 Å². The molecule has 4 rings (SSSR count). The molecule has 0 saturated heterocycles. The number of hydrogen-bond acceptors (Lipinski definition) is 4. The Morgan fingerprint density at radius 1 is 1.08 bits per heavy atom. The highest BCUT2D eigenvalue weighted by Crippen LogP contribution is 2.29. The van der Waals surface area contributed by atoms with E-state index in [1.165, 1.54) is 37.6 Å². The van der Waals surface area contributed by atoms with Crippen molar-refractivity contribution in [3.63, 3.8) is 0 Å². The zero-order chi connectivity index (χ0) is 18.3. The van der Waals surface area contributed by atoms with Gasteiger partial charge < -0.3 is 14.7 Å². The summed E-state index contributed by atoms with van der Waals surface area (Å²) in [4.78, 5) is 30.7. The van der Waals surface area contributed by atoms with Crippen molar-refractivity contribution in [2.24, 2.45) is 5.10 Å². The van der Waals surface area contributed by atoms with E-state index in [-0.39, 0.29) is 11.3 Å². The first-order chi connectivity index (χ1) is 12.6. The van der Waals surface area contributed by atoms with Crippen LogP contribution < -0.4 is 16.0 Å². The van der Waals surface area contributed by atoms with Crippen LogP contribution in [0.5, 0.6) is 5.75 Å².